The van der Waals surface area contributed by atoms with Gasteiger partial charge in [0.15, 0.2) is 0 Å². The molecule has 4 rings (SSSR count). The summed E-state index contributed by atoms with van der Waals surface area (Å²) in [4.78, 5) is 29.8. The summed E-state index contributed by atoms with van der Waals surface area (Å²) in [7, 11) is -4.20. The van der Waals surface area contributed by atoms with Gasteiger partial charge >= 0.3 is 0 Å². The molecular weight excluding hydrogens is 606 g/mol. The van der Waals surface area contributed by atoms with E-state index in [1.807, 2.05) is 89.2 Å². The van der Waals surface area contributed by atoms with Crippen molar-refractivity contribution in [2.75, 3.05) is 10.8 Å². The van der Waals surface area contributed by atoms with E-state index in [-0.39, 0.29) is 35.5 Å². The van der Waals surface area contributed by atoms with Crippen LogP contribution in [0.3, 0.4) is 0 Å². The topological polar surface area (TPSA) is 86.8 Å². The Balaban J connectivity index is 1.82. The minimum atomic E-state index is -4.20. The van der Waals surface area contributed by atoms with Gasteiger partial charge in [0.2, 0.25) is 11.8 Å². The largest absolute Gasteiger partial charge is 0.352 e. The molecule has 0 bridgehead atoms. The summed E-state index contributed by atoms with van der Waals surface area (Å²) in [6.07, 6.45) is 0.248. The molecule has 0 aliphatic heterocycles. The number of carbonyl (C=O) groups is 2. The van der Waals surface area contributed by atoms with Crippen molar-refractivity contribution in [2.24, 2.45) is 0 Å². The van der Waals surface area contributed by atoms with Gasteiger partial charge in [-0.1, -0.05) is 95.5 Å². The summed E-state index contributed by atoms with van der Waals surface area (Å²) < 4.78 is 29.4. The van der Waals surface area contributed by atoms with E-state index in [0.29, 0.717) is 5.02 Å². The van der Waals surface area contributed by atoms with Gasteiger partial charge in [-0.25, -0.2) is 8.42 Å². The second kappa shape index (κ2) is 14.8. The van der Waals surface area contributed by atoms with E-state index in [1.165, 1.54) is 17.0 Å². The fraction of sp³-hybridized carbons (Fsp3) is 0.278. The van der Waals surface area contributed by atoms with Crippen LogP contribution in [0.15, 0.2) is 102 Å². The van der Waals surface area contributed by atoms with Gasteiger partial charge in [-0.05, 0) is 75.6 Å². The average Bonchev–Trinajstić information content (AvgIpc) is 3.00. The van der Waals surface area contributed by atoms with E-state index in [4.69, 9.17) is 11.6 Å². The van der Waals surface area contributed by atoms with Crippen LogP contribution in [-0.4, -0.2) is 43.8 Å². The van der Waals surface area contributed by atoms with E-state index in [1.54, 1.807) is 30.3 Å². The van der Waals surface area contributed by atoms with Crippen molar-refractivity contribution in [3.8, 4) is 0 Å². The Bertz CT molecular complexity index is 1720. The average molecular weight is 646 g/mol. The van der Waals surface area contributed by atoms with Gasteiger partial charge < -0.3 is 10.2 Å². The molecular formula is C36H40ClN3O4S. The van der Waals surface area contributed by atoms with Crippen molar-refractivity contribution in [1.29, 1.82) is 0 Å². The summed E-state index contributed by atoms with van der Waals surface area (Å²) in [6.45, 7) is 8.95. The molecule has 0 radical (unpaired) electrons. The predicted molar refractivity (Wildman–Crippen MR) is 181 cm³/mol. The molecule has 0 aliphatic rings. The fourth-order valence-electron chi connectivity index (χ4n) is 4.93. The predicted octanol–water partition coefficient (Wildman–Crippen LogP) is 6.63. The van der Waals surface area contributed by atoms with E-state index in [9.17, 15) is 18.0 Å². The Hall–Kier alpha value is -4.14. The highest BCUT2D eigenvalue weighted by atomic mass is 35.5. The molecule has 0 unspecified atom stereocenters. The zero-order chi connectivity index (χ0) is 32.7. The first-order chi connectivity index (χ1) is 21.3. The molecule has 9 heteroatoms. The molecule has 0 aromatic heterocycles. The molecule has 4 aromatic rings. The number of nitrogens with zero attached hydrogens (tertiary/aromatic N) is 2. The first kappa shape index (κ1) is 33.7. The smallest absolute Gasteiger partial charge is 0.264 e. The minimum absolute atomic E-state index is 0.0427. The molecule has 0 aliphatic carbocycles. The fourth-order valence-corrected chi connectivity index (χ4v) is 6.51. The third-order valence-electron chi connectivity index (χ3n) is 7.51. The summed E-state index contributed by atoms with van der Waals surface area (Å²) in [5.41, 5.74) is 4.67. The van der Waals surface area contributed by atoms with Crippen LogP contribution in [0.5, 0.6) is 0 Å². The molecule has 2 amide bonds. The summed E-state index contributed by atoms with van der Waals surface area (Å²) in [6, 6.07) is 27.5. The maximum atomic E-state index is 14.5. The van der Waals surface area contributed by atoms with Crippen LogP contribution in [0.25, 0.3) is 0 Å². The van der Waals surface area contributed by atoms with Crippen LogP contribution >= 0.6 is 11.6 Å². The lowest BCUT2D eigenvalue weighted by molar-refractivity contribution is -0.140. The standard InChI is InChI=1S/C36H40ClN3O4S/c1-25(2)38-36(42)34(21-29-9-7-6-8-10-29)39(23-30-16-11-26(3)12-17-30)35(41)24-40(31-18-15-28(5)33(37)22-31)45(43,44)32-19-13-27(4)14-20-32/h6-20,22,25,34H,21,23-24H2,1-5H3,(H,38,42)/t34-/m0/s1. The van der Waals surface area contributed by atoms with Gasteiger partial charge in [0.05, 0.1) is 10.6 Å². The zero-order valence-electron chi connectivity index (χ0n) is 26.3. The van der Waals surface area contributed by atoms with Crippen LogP contribution in [0.2, 0.25) is 5.02 Å². The van der Waals surface area contributed by atoms with Crippen molar-refractivity contribution < 1.29 is 18.0 Å². The van der Waals surface area contributed by atoms with E-state index in [0.717, 1.165) is 32.1 Å². The van der Waals surface area contributed by atoms with Crippen LogP contribution in [0.4, 0.5) is 5.69 Å². The molecule has 4 aromatic carbocycles. The molecule has 0 fully saturated rings. The SMILES string of the molecule is Cc1ccc(CN(C(=O)CN(c2ccc(C)c(Cl)c2)S(=O)(=O)c2ccc(C)cc2)[C@@H](Cc2ccccc2)C(=O)NC(C)C)cc1. The van der Waals surface area contributed by atoms with Gasteiger partial charge in [-0.15, -0.1) is 0 Å². The number of hydrogen-bond donors (Lipinski definition) is 1. The number of aryl methyl sites for hydroxylation is 3. The molecule has 45 heavy (non-hydrogen) atoms. The normalized spacial score (nSPS) is 12.1. The number of sulfonamides is 1. The van der Waals surface area contributed by atoms with Crippen molar-refractivity contribution in [2.45, 2.75) is 64.6 Å². The van der Waals surface area contributed by atoms with Crippen molar-refractivity contribution in [3.05, 3.63) is 130 Å². The molecule has 0 heterocycles. The zero-order valence-corrected chi connectivity index (χ0v) is 27.9. The number of rotatable bonds is 12. The number of hydrogen-bond acceptors (Lipinski definition) is 4. The third kappa shape index (κ3) is 8.74. The molecule has 0 spiro atoms. The number of amides is 2. The second-order valence-electron chi connectivity index (χ2n) is 11.6. The number of nitrogens with one attached hydrogen (secondary N) is 1. The van der Waals surface area contributed by atoms with Crippen LogP contribution in [0.1, 0.15) is 41.7 Å². The van der Waals surface area contributed by atoms with Crippen molar-refractivity contribution >= 4 is 39.1 Å². The van der Waals surface area contributed by atoms with Crippen LogP contribution in [0, 0.1) is 20.8 Å². The monoisotopic (exact) mass is 645 g/mol. The lowest BCUT2D eigenvalue weighted by atomic mass is 10.0. The van der Waals surface area contributed by atoms with Gasteiger partial charge in [0.1, 0.15) is 12.6 Å². The molecule has 1 N–H and O–H groups in total. The second-order valence-corrected chi connectivity index (χ2v) is 13.9. The number of anilines is 1. The first-order valence-electron chi connectivity index (χ1n) is 14.9. The molecule has 1 atom stereocenters. The Kier molecular flexibility index (Phi) is 11.1. The Labute approximate surface area is 271 Å². The number of carbonyl (C=O) groups excluding carboxylic acids is 2. The molecule has 7 nitrogen and oxygen atoms in total. The van der Waals surface area contributed by atoms with E-state index < -0.39 is 28.5 Å². The highest BCUT2D eigenvalue weighted by molar-refractivity contribution is 7.92. The lowest BCUT2D eigenvalue weighted by Gasteiger charge is -2.34. The van der Waals surface area contributed by atoms with E-state index >= 15 is 0 Å². The van der Waals surface area contributed by atoms with Crippen LogP contribution < -0.4 is 9.62 Å². The Morgan fingerprint density at radius 3 is 1.98 bits per heavy atom. The lowest BCUT2D eigenvalue weighted by Crippen LogP contribution is -2.54. The maximum Gasteiger partial charge on any atom is 0.264 e. The highest BCUT2D eigenvalue weighted by Gasteiger charge is 2.35. The molecule has 0 saturated heterocycles. The molecule has 236 valence electrons. The number of benzene rings is 4. The van der Waals surface area contributed by atoms with Crippen molar-refractivity contribution in [3.63, 3.8) is 0 Å². The number of halogens is 1. The van der Waals surface area contributed by atoms with Crippen LogP contribution in [-0.2, 0) is 32.6 Å². The van der Waals surface area contributed by atoms with Gasteiger partial charge in [0, 0.05) is 24.0 Å². The van der Waals surface area contributed by atoms with Crippen molar-refractivity contribution in [1.82, 2.24) is 10.2 Å². The first-order valence-corrected chi connectivity index (χ1v) is 16.7. The Morgan fingerprint density at radius 1 is 0.800 bits per heavy atom. The maximum absolute atomic E-state index is 14.5. The summed E-state index contributed by atoms with van der Waals surface area (Å²) >= 11 is 6.45. The van der Waals surface area contributed by atoms with Gasteiger partial charge in [-0.2, -0.15) is 0 Å². The highest BCUT2D eigenvalue weighted by Crippen LogP contribution is 2.29. The summed E-state index contributed by atoms with van der Waals surface area (Å²) in [5.74, 6) is -0.844. The molecule has 0 saturated carbocycles. The quantitative estimate of drug-likeness (QED) is 0.188. The van der Waals surface area contributed by atoms with Gasteiger partial charge in [-0.3, -0.25) is 13.9 Å². The van der Waals surface area contributed by atoms with E-state index in [2.05, 4.69) is 5.32 Å². The van der Waals surface area contributed by atoms with Gasteiger partial charge in [0.25, 0.3) is 10.0 Å². The Morgan fingerprint density at radius 2 is 1.40 bits per heavy atom. The summed E-state index contributed by atoms with van der Waals surface area (Å²) in [5, 5.41) is 3.35. The minimum Gasteiger partial charge on any atom is -0.352 e. The third-order valence-corrected chi connectivity index (χ3v) is 9.70.